The average molecular weight is 361 g/mol. The summed E-state index contributed by atoms with van der Waals surface area (Å²) < 4.78 is 5.61. The van der Waals surface area contributed by atoms with Gasteiger partial charge in [-0.05, 0) is 51.7 Å². The molecular weight excluding hydrogens is 344 g/mol. The molecular formula is C18H17BrO3. The van der Waals surface area contributed by atoms with Crippen LogP contribution in [-0.2, 0) is 11.2 Å². The van der Waals surface area contributed by atoms with E-state index in [0.717, 1.165) is 17.5 Å². The van der Waals surface area contributed by atoms with Crippen molar-refractivity contribution in [3.8, 4) is 11.5 Å². The van der Waals surface area contributed by atoms with Crippen molar-refractivity contribution in [2.45, 2.75) is 12.8 Å². The van der Waals surface area contributed by atoms with Crippen LogP contribution >= 0.6 is 15.9 Å². The van der Waals surface area contributed by atoms with E-state index in [1.54, 1.807) is 24.3 Å². The number of methoxy groups -OCH3 is 1. The lowest BCUT2D eigenvalue weighted by molar-refractivity contribution is -0.114. The predicted octanol–water partition coefficient (Wildman–Crippen LogP) is 4.38. The van der Waals surface area contributed by atoms with E-state index in [-0.39, 0.29) is 11.5 Å². The number of allylic oxidation sites excluding steroid dienone is 1. The Morgan fingerprint density at radius 2 is 2.00 bits per heavy atom. The number of aromatic hydroxyl groups is 1. The van der Waals surface area contributed by atoms with Crippen molar-refractivity contribution in [1.82, 2.24) is 0 Å². The molecule has 0 saturated heterocycles. The molecule has 0 radical (unpaired) electrons. The van der Waals surface area contributed by atoms with Crippen molar-refractivity contribution < 1.29 is 14.6 Å². The van der Waals surface area contributed by atoms with Gasteiger partial charge in [0.05, 0.1) is 11.6 Å². The van der Waals surface area contributed by atoms with E-state index in [4.69, 9.17) is 4.74 Å². The Hall–Kier alpha value is -2.07. The van der Waals surface area contributed by atoms with Gasteiger partial charge < -0.3 is 9.84 Å². The highest BCUT2D eigenvalue weighted by molar-refractivity contribution is 9.10. The third-order valence-electron chi connectivity index (χ3n) is 3.24. The molecule has 0 amide bonds. The Kier molecular flexibility index (Phi) is 5.78. The normalized spacial score (nSPS) is 10.8. The van der Waals surface area contributed by atoms with Gasteiger partial charge in [-0.3, -0.25) is 4.79 Å². The van der Waals surface area contributed by atoms with Gasteiger partial charge in [-0.25, -0.2) is 0 Å². The van der Waals surface area contributed by atoms with Crippen LogP contribution in [0.1, 0.15) is 17.5 Å². The average Bonchev–Trinajstić information content (AvgIpc) is 2.54. The molecule has 3 nitrogen and oxygen atoms in total. The summed E-state index contributed by atoms with van der Waals surface area (Å²) in [5.74, 6) is 0.479. The molecule has 0 unspecified atom stereocenters. The number of phenolic OH excluding ortho intramolecular Hbond substituents is 1. The molecule has 0 bridgehead atoms. The summed E-state index contributed by atoms with van der Waals surface area (Å²) in [7, 11) is 1.49. The van der Waals surface area contributed by atoms with E-state index in [2.05, 4.69) is 15.9 Å². The topological polar surface area (TPSA) is 46.5 Å². The summed E-state index contributed by atoms with van der Waals surface area (Å²) >= 11 is 3.26. The van der Waals surface area contributed by atoms with Gasteiger partial charge in [0.2, 0.25) is 0 Å². The lowest BCUT2D eigenvalue weighted by atomic mass is 10.1. The third kappa shape index (κ3) is 4.46. The molecule has 0 saturated carbocycles. The molecule has 4 heteroatoms. The fraction of sp³-hybridized carbons (Fsp3) is 0.167. The van der Waals surface area contributed by atoms with Crippen LogP contribution in [-0.4, -0.2) is 18.0 Å². The summed E-state index contributed by atoms with van der Waals surface area (Å²) in [6.45, 7) is 0. The Morgan fingerprint density at radius 3 is 2.68 bits per heavy atom. The van der Waals surface area contributed by atoms with Crippen LogP contribution in [0.25, 0.3) is 6.08 Å². The van der Waals surface area contributed by atoms with Crippen molar-refractivity contribution in [2.24, 2.45) is 0 Å². The first-order chi connectivity index (χ1) is 10.6. The monoisotopic (exact) mass is 360 g/mol. The molecule has 0 spiro atoms. The molecule has 0 aliphatic rings. The maximum atomic E-state index is 11.9. The number of halogens is 1. The Labute approximate surface area is 138 Å². The molecule has 114 valence electrons. The molecule has 22 heavy (non-hydrogen) atoms. The van der Waals surface area contributed by atoms with E-state index >= 15 is 0 Å². The lowest BCUT2D eigenvalue weighted by Gasteiger charge is -2.06. The maximum Gasteiger partial charge on any atom is 0.172 e. The number of ether oxygens (including phenoxy) is 1. The summed E-state index contributed by atoms with van der Waals surface area (Å²) in [5.41, 5.74) is 1.94. The van der Waals surface area contributed by atoms with Gasteiger partial charge in [0.1, 0.15) is 0 Å². The highest BCUT2D eigenvalue weighted by Gasteiger charge is 2.07. The zero-order chi connectivity index (χ0) is 15.9. The highest BCUT2D eigenvalue weighted by atomic mass is 79.9. The minimum atomic E-state index is 0.0510. The van der Waals surface area contributed by atoms with Crippen LogP contribution in [0.15, 0.2) is 53.0 Å². The van der Waals surface area contributed by atoms with Crippen LogP contribution in [0.4, 0.5) is 0 Å². The van der Waals surface area contributed by atoms with Crippen molar-refractivity contribution in [2.75, 3.05) is 7.11 Å². The minimum absolute atomic E-state index is 0.0510. The molecule has 0 heterocycles. The smallest absolute Gasteiger partial charge is 0.172 e. The Morgan fingerprint density at radius 1 is 1.27 bits per heavy atom. The van der Waals surface area contributed by atoms with Crippen LogP contribution in [0.3, 0.4) is 0 Å². The second-order valence-corrected chi connectivity index (χ2v) is 5.69. The largest absolute Gasteiger partial charge is 0.503 e. The van der Waals surface area contributed by atoms with Crippen LogP contribution < -0.4 is 4.74 Å². The first-order valence-electron chi connectivity index (χ1n) is 6.91. The number of phenols is 1. The number of ketones is 1. The molecule has 2 aromatic carbocycles. The van der Waals surface area contributed by atoms with E-state index < -0.39 is 0 Å². The Bertz CT molecular complexity index is 678. The van der Waals surface area contributed by atoms with Crippen molar-refractivity contribution in [1.29, 1.82) is 0 Å². The van der Waals surface area contributed by atoms with Crippen LogP contribution in [0.2, 0.25) is 0 Å². The molecule has 0 aliphatic carbocycles. The Balaban J connectivity index is 1.99. The molecule has 0 aromatic heterocycles. The summed E-state index contributed by atoms with van der Waals surface area (Å²) in [6.07, 6.45) is 4.48. The molecule has 0 atom stereocenters. The quantitative estimate of drug-likeness (QED) is 0.777. The molecule has 0 aliphatic heterocycles. The number of hydrogen-bond donors (Lipinski definition) is 1. The van der Waals surface area contributed by atoms with Gasteiger partial charge >= 0.3 is 0 Å². The predicted molar refractivity (Wildman–Crippen MR) is 91.2 cm³/mol. The van der Waals surface area contributed by atoms with Crippen LogP contribution in [0, 0.1) is 0 Å². The lowest BCUT2D eigenvalue weighted by Crippen LogP contribution is -1.95. The van der Waals surface area contributed by atoms with Gasteiger partial charge in [0.25, 0.3) is 0 Å². The van der Waals surface area contributed by atoms with Gasteiger partial charge in [-0.15, -0.1) is 0 Å². The number of rotatable bonds is 6. The van der Waals surface area contributed by atoms with Gasteiger partial charge in [0, 0.05) is 6.42 Å². The second-order valence-electron chi connectivity index (χ2n) is 4.84. The molecule has 0 fully saturated rings. The summed E-state index contributed by atoms with van der Waals surface area (Å²) in [4.78, 5) is 11.9. The van der Waals surface area contributed by atoms with Gasteiger partial charge in [0.15, 0.2) is 17.3 Å². The molecule has 2 aromatic rings. The standard InChI is InChI=1S/C18H17BrO3/c1-22-17-12-14(11-16(19)18(17)21)8-10-15(20)9-7-13-5-3-2-4-6-13/h2-6,8,10-12,21H,7,9H2,1H3/b10-8+. The van der Waals surface area contributed by atoms with E-state index in [9.17, 15) is 9.90 Å². The molecule has 1 N–H and O–H groups in total. The number of carbonyl (C=O) groups is 1. The summed E-state index contributed by atoms with van der Waals surface area (Å²) in [5, 5.41) is 9.75. The fourth-order valence-corrected chi connectivity index (χ4v) is 2.49. The first kappa shape index (κ1) is 16.3. The SMILES string of the molecule is COc1cc(/C=C/C(=O)CCc2ccccc2)cc(Br)c1O. The van der Waals surface area contributed by atoms with E-state index in [0.29, 0.717) is 16.6 Å². The number of benzene rings is 2. The highest BCUT2D eigenvalue weighted by Crippen LogP contribution is 2.35. The number of hydrogen-bond acceptors (Lipinski definition) is 3. The molecule has 2 rings (SSSR count). The fourth-order valence-electron chi connectivity index (χ4n) is 2.03. The van der Waals surface area contributed by atoms with Gasteiger partial charge in [-0.1, -0.05) is 36.4 Å². The third-order valence-corrected chi connectivity index (χ3v) is 3.84. The number of aryl methyl sites for hydroxylation is 1. The zero-order valence-electron chi connectivity index (χ0n) is 12.3. The minimum Gasteiger partial charge on any atom is -0.503 e. The van der Waals surface area contributed by atoms with Crippen molar-refractivity contribution in [3.63, 3.8) is 0 Å². The van der Waals surface area contributed by atoms with Crippen molar-refractivity contribution in [3.05, 3.63) is 64.1 Å². The van der Waals surface area contributed by atoms with Gasteiger partial charge in [-0.2, -0.15) is 0 Å². The zero-order valence-corrected chi connectivity index (χ0v) is 13.8. The van der Waals surface area contributed by atoms with E-state index in [1.165, 1.54) is 7.11 Å². The second kappa shape index (κ2) is 7.80. The van der Waals surface area contributed by atoms with Crippen LogP contribution in [0.5, 0.6) is 11.5 Å². The summed E-state index contributed by atoms with van der Waals surface area (Å²) in [6, 6.07) is 13.3. The number of carbonyl (C=O) groups excluding carboxylic acids is 1. The van der Waals surface area contributed by atoms with Crippen molar-refractivity contribution >= 4 is 27.8 Å². The first-order valence-corrected chi connectivity index (χ1v) is 7.71. The van der Waals surface area contributed by atoms with E-state index in [1.807, 2.05) is 30.3 Å². The maximum absolute atomic E-state index is 11.9.